The van der Waals surface area contributed by atoms with Crippen LogP contribution in [-0.4, -0.2) is 26.3 Å². The third kappa shape index (κ3) is 1.90. The largest absolute Gasteiger partial charge is 0.393 e. The zero-order valence-corrected chi connectivity index (χ0v) is 10.2. The molecule has 94 valence electrons. The molecule has 2 aromatic rings. The van der Waals surface area contributed by atoms with Crippen molar-refractivity contribution in [2.75, 3.05) is 0 Å². The average Bonchev–Trinajstić information content (AvgIpc) is 2.84. The lowest BCUT2D eigenvalue weighted by atomic mass is 9.82. The van der Waals surface area contributed by atoms with E-state index in [1.54, 1.807) is 6.20 Å². The van der Waals surface area contributed by atoms with Crippen LogP contribution in [0.15, 0.2) is 22.9 Å². The second-order valence-electron chi connectivity index (χ2n) is 4.64. The number of hydrogen-bond acceptors (Lipinski definition) is 5. The Hall–Kier alpha value is -1.75. The monoisotopic (exact) mass is 245 g/mol. The van der Waals surface area contributed by atoms with Gasteiger partial charge in [0.05, 0.1) is 6.10 Å². The van der Waals surface area contributed by atoms with Crippen molar-refractivity contribution in [3.05, 3.63) is 29.8 Å². The minimum atomic E-state index is -0.216. The minimum Gasteiger partial charge on any atom is -0.393 e. The highest BCUT2D eigenvalue weighted by molar-refractivity contribution is 5.53. The number of rotatable bonds is 3. The van der Waals surface area contributed by atoms with E-state index in [1.807, 2.05) is 12.1 Å². The Kier molecular flexibility index (Phi) is 2.83. The molecule has 1 N–H and O–H groups in total. The summed E-state index contributed by atoms with van der Waals surface area (Å²) in [4.78, 5) is 8.71. The van der Waals surface area contributed by atoms with Crippen molar-refractivity contribution in [2.24, 2.45) is 0 Å². The van der Waals surface area contributed by atoms with Crippen molar-refractivity contribution in [1.82, 2.24) is 15.1 Å². The van der Waals surface area contributed by atoms with Crippen molar-refractivity contribution in [3.8, 4) is 11.5 Å². The molecule has 2 heterocycles. The van der Waals surface area contributed by atoms with Crippen molar-refractivity contribution >= 4 is 0 Å². The quantitative estimate of drug-likeness (QED) is 0.894. The number of aryl methyl sites for hydroxylation is 1. The normalized spacial score (nSPS) is 22.8. The van der Waals surface area contributed by atoms with Crippen molar-refractivity contribution in [1.29, 1.82) is 0 Å². The first-order chi connectivity index (χ1) is 8.78. The van der Waals surface area contributed by atoms with Gasteiger partial charge >= 0.3 is 0 Å². The zero-order chi connectivity index (χ0) is 12.5. The molecule has 5 heteroatoms. The fraction of sp³-hybridized carbons (Fsp3) is 0.462. The molecule has 18 heavy (non-hydrogen) atoms. The molecule has 0 radical (unpaired) electrons. The van der Waals surface area contributed by atoms with Gasteiger partial charge in [-0.15, -0.1) is 0 Å². The molecule has 1 saturated carbocycles. The number of pyridine rings is 1. The highest BCUT2D eigenvalue weighted by Crippen LogP contribution is 2.36. The van der Waals surface area contributed by atoms with E-state index in [-0.39, 0.29) is 12.0 Å². The van der Waals surface area contributed by atoms with Crippen LogP contribution in [0.4, 0.5) is 0 Å². The Morgan fingerprint density at radius 1 is 1.44 bits per heavy atom. The highest BCUT2D eigenvalue weighted by Gasteiger charge is 2.33. The van der Waals surface area contributed by atoms with Crippen LogP contribution < -0.4 is 0 Å². The van der Waals surface area contributed by atoms with Gasteiger partial charge in [-0.3, -0.25) is 4.98 Å². The molecule has 0 aliphatic heterocycles. The maximum atomic E-state index is 9.28. The molecular formula is C13H15N3O2. The third-order valence-electron chi connectivity index (χ3n) is 3.39. The molecule has 5 nitrogen and oxygen atoms in total. The lowest BCUT2D eigenvalue weighted by molar-refractivity contribution is 0.0625. The van der Waals surface area contributed by atoms with Gasteiger partial charge in [0.15, 0.2) is 0 Å². The van der Waals surface area contributed by atoms with Gasteiger partial charge in [-0.25, -0.2) is 0 Å². The van der Waals surface area contributed by atoms with Gasteiger partial charge in [-0.1, -0.05) is 18.1 Å². The van der Waals surface area contributed by atoms with E-state index < -0.39 is 0 Å². The van der Waals surface area contributed by atoms with Crippen LogP contribution in [0.2, 0.25) is 0 Å². The smallest absolute Gasteiger partial charge is 0.230 e. The second kappa shape index (κ2) is 4.49. The number of aromatic nitrogens is 3. The molecule has 2 aromatic heterocycles. The summed E-state index contributed by atoms with van der Waals surface area (Å²) in [5, 5.41) is 13.3. The highest BCUT2D eigenvalue weighted by atomic mass is 16.5. The van der Waals surface area contributed by atoms with Gasteiger partial charge in [0.1, 0.15) is 5.69 Å². The molecule has 3 rings (SSSR count). The summed E-state index contributed by atoms with van der Waals surface area (Å²) < 4.78 is 5.26. The van der Waals surface area contributed by atoms with Gasteiger partial charge < -0.3 is 9.63 Å². The summed E-state index contributed by atoms with van der Waals surface area (Å²) in [5.41, 5.74) is 1.90. The van der Waals surface area contributed by atoms with E-state index >= 15 is 0 Å². The Bertz CT molecular complexity index is 547. The molecule has 1 fully saturated rings. The van der Waals surface area contributed by atoms with Crippen molar-refractivity contribution in [2.45, 2.75) is 38.2 Å². The van der Waals surface area contributed by atoms with Crippen LogP contribution in [0.5, 0.6) is 0 Å². The van der Waals surface area contributed by atoms with E-state index in [0.717, 1.165) is 17.7 Å². The molecule has 0 amide bonds. The fourth-order valence-electron chi connectivity index (χ4n) is 2.21. The lowest BCUT2D eigenvalue weighted by Crippen LogP contribution is -2.26. The van der Waals surface area contributed by atoms with E-state index in [2.05, 4.69) is 22.0 Å². The second-order valence-corrected chi connectivity index (χ2v) is 4.64. The van der Waals surface area contributed by atoms with Gasteiger partial charge in [-0.2, -0.15) is 4.98 Å². The first-order valence-electron chi connectivity index (χ1n) is 6.24. The predicted octanol–water partition coefficient (Wildman–Crippen LogP) is 1.93. The predicted molar refractivity (Wildman–Crippen MR) is 64.9 cm³/mol. The first-order valence-corrected chi connectivity index (χ1v) is 6.24. The topological polar surface area (TPSA) is 72.0 Å². The first kappa shape index (κ1) is 11.3. The van der Waals surface area contributed by atoms with E-state index in [4.69, 9.17) is 4.52 Å². The summed E-state index contributed by atoms with van der Waals surface area (Å²) in [5.74, 6) is 1.36. The summed E-state index contributed by atoms with van der Waals surface area (Å²) in [7, 11) is 0. The molecule has 1 aliphatic rings. The molecular weight excluding hydrogens is 230 g/mol. The number of nitrogens with zero attached hydrogens (tertiary/aromatic N) is 3. The van der Waals surface area contributed by atoms with Gasteiger partial charge in [0.2, 0.25) is 11.7 Å². The lowest BCUT2D eigenvalue weighted by Gasteiger charge is -2.27. The summed E-state index contributed by atoms with van der Waals surface area (Å²) in [6.45, 7) is 2.07. The number of hydrogen-bond donors (Lipinski definition) is 1. The van der Waals surface area contributed by atoms with E-state index in [9.17, 15) is 5.11 Å². The summed E-state index contributed by atoms with van der Waals surface area (Å²) in [6, 6.07) is 3.93. The molecule has 1 aliphatic carbocycles. The Balaban J connectivity index is 1.88. The Morgan fingerprint density at radius 3 is 3.00 bits per heavy atom. The van der Waals surface area contributed by atoms with Crippen LogP contribution in [0.1, 0.15) is 37.1 Å². The van der Waals surface area contributed by atoms with Crippen LogP contribution in [0.3, 0.4) is 0 Å². The van der Waals surface area contributed by atoms with E-state index in [1.165, 1.54) is 0 Å². The Labute approximate surface area is 105 Å². The fourth-order valence-corrected chi connectivity index (χ4v) is 2.21. The minimum absolute atomic E-state index is 0.204. The molecule has 0 spiro atoms. The summed E-state index contributed by atoms with van der Waals surface area (Å²) >= 11 is 0. The zero-order valence-electron chi connectivity index (χ0n) is 10.2. The van der Waals surface area contributed by atoms with Gasteiger partial charge in [-0.05, 0) is 30.9 Å². The number of aliphatic hydroxyl groups is 1. The van der Waals surface area contributed by atoms with Gasteiger partial charge in [0.25, 0.3) is 0 Å². The molecule has 0 unspecified atom stereocenters. The average molecular weight is 245 g/mol. The molecule has 0 saturated heterocycles. The Morgan fingerprint density at radius 2 is 2.28 bits per heavy atom. The van der Waals surface area contributed by atoms with Crippen molar-refractivity contribution < 1.29 is 9.63 Å². The van der Waals surface area contributed by atoms with Crippen LogP contribution in [-0.2, 0) is 6.42 Å². The van der Waals surface area contributed by atoms with E-state index in [0.29, 0.717) is 24.6 Å². The maximum Gasteiger partial charge on any atom is 0.230 e. The van der Waals surface area contributed by atoms with Crippen LogP contribution in [0, 0.1) is 0 Å². The number of aliphatic hydroxyl groups excluding tert-OH is 1. The SMILES string of the molecule is CCc1cccnc1-c1noc(C2CC(O)C2)n1. The van der Waals surface area contributed by atoms with Crippen LogP contribution >= 0.6 is 0 Å². The molecule has 0 bridgehead atoms. The molecule has 0 aromatic carbocycles. The third-order valence-corrected chi connectivity index (χ3v) is 3.39. The standard InChI is InChI=1S/C13H15N3O2/c1-2-8-4-3-5-14-11(8)12-15-13(18-16-12)9-6-10(17)7-9/h3-5,9-10,17H,2,6-7H2,1H3. The van der Waals surface area contributed by atoms with Crippen molar-refractivity contribution in [3.63, 3.8) is 0 Å². The maximum absolute atomic E-state index is 9.28. The molecule has 0 atom stereocenters. The summed E-state index contributed by atoms with van der Waals surface area (Å²) in [6.07, 6.45) is 3.83. The van der Waals surface area contributed by atoms with Gasteiger partial charge in [0, 0.05) is 12.1 Å². The van der Waals surface area contributed by atoms with Crippen LogP contribution in [0.25, 0.3) is 11.5 Å².